The van der Waals surface area contributed by atoms with Crippen molar-refractivity contribution >= 4 is 11.0 Å². The van der Waals surface area contributed by atoms with Gasteiger partial charge in [-0.25, -0.2) is 4.42 Å². The second kappa shape index (κ2) is 9.00. The summed E-state index contributed by atoms with van der Waals surface area (Å²) in [5.41, 5.74) is 0.136. The fraction of sp³-hybridized carbons (Fsp3) is 0.318. The normalized spacial score (nSPS) is 24.8. The summed E-state index contributed by atoms with van der Waals surface area (Å²) in [7, 11) is 1.26. The summed E-state index contributed by atoms with van der Waals surface area (Å²) in [5.74, 6) is -2.12. The summed E-state index contributed by atoms with van der Waals surface area (Å²) in [4.78, 5) is 0. The molecule has 8 N–H and O–H groups in total. The standard InChI is InChI=1S/C22H22O12/c1-31-14-3-8(2-12(26)17(14)27)21-15(6-10-11(25)4-9(24)5-13(10)32-21)33-22-20(30)19(29)18(28)16(7-23)34-22/h2-6,16,18-20,22-23,28-30H,7H2,1H3,(H3-,24,25,26,27)/p+1/t16?,18-,19?,20?,22-/m1/s1. The quantitative estimate of drug-likeness (QED) is 0.185. The van der Waals surface area contributed by atoms with Gasteiger partial charge in [0, 0.05) is 24.3 Å². The van der Waals surface area contributed by atoms with Crippen LogP contribution in [0, 0.1) is 0 Å². The van der Waals surface area contributed by atoms with E-state index in [0.29, 0.717) is 0 Å². The van der Waals surface area contributed by atoms with E-state index in [1.54, 1.807) is 0 Å². The zero-order valence-electron chi connectivity index (χ0n) is 17.7. The van der Waals surface area contributed by atoms with Crippen molar-refractivity contribution in [2.24, 2.45) is 0 Å². The molecule has 2 heterocycles. The molecule has 3 aromatic rings. The van der Waals surface area contributed by atoms with Gasteiger partial charge in [-0.2, -0.15) is 0 Å². The van der Waals surface area contributed by atoms with Crippen molar-refractivity contribution < 1.29 is 59.5 Å². The van der Waals surface area contributed by atoms with Crippen LogP contribution >= 0.6 is 0 Å². The Labute approximate surface area is 191 Å². The number of aliphatic hydroxyl groups is 4. The predicted octanol–water partition coefficient (Wildman–Crippen LogP) is 0.391. The number of aliphatic hydroxyl groups excluding tert-OH is 4. The number of hydrogen-bond donors (Lipinski definition) is 8. The minimum Gasteiger partial charge on any atom is -0.507 e. The number of phenols is 4. The topological polar surface area (TPSA) is 201 Å². The van der Waals surface area contributed by atoms with E-state index in [0.717, 1.165) is 12.1 Å². The van der Waals surface area contributed by atoms with Crippen molar-refractivity contribution in [1.29, 1.82) is 0 Å². The molecule has 0 bridgehead atoms. The summed E-state index contributed by atoms with van der Waals surface area (Å²) in [6.07, 6.45) is -7.88. The highest BCUT2D eigenvalue weighted by molar-refractivity contribution is 5.88. The number of benzene rings is 2. The molecule has 1 fully saturated rings. The fourth-order valence-electron chi connectivity index (χ4n) is 3.64. The third-order valence-electron chi connectivity index (χ3n) is 5.44. The van der Waals surface area contributed by atoms with Crippen molar-refractivity contribution in [2.75, 3.05) is 13.7 Å². The Balaban J connectivity index is 1.87. The molecule has 12 heteroatoms. The Morgan fingerprint density at radius 3 is 2.29 bits per heavy atom. The summed E-state index contributed by atoms with van der Waals surface area (Å²) < 4.78 is 22.0. The second-order valence-corrected chi connectivity index (χ2v) is 7.68. The molecular formula is C22H23O12+. The number of aromatic hydroxyl groups is 4. The number of rotatable bonds is 5. The van der Waals surface area contributed by atoms with Crippen molar-refractivity contribution in [1.82, 2.24) is 0 Å². The van der Waals surface area contributed by atoms with E-state index in [4.69, 9.17) is 18.6 Å². The van der Waals surface area contributed by atoms with Crippen LogP contribution in [0.25, 0.3) is 22.3 Å². The number of ether oxygens (including phenoxy) is 3. The van der Waals surface area contributed by atoms with Crippen LogP contribution in [-0.2, 0) is 4.74 Å². The van der Waals surface area contributed by atoms with Gasteiger partial charge in [0.25, 0.3) is 0 Å². The number of fused-ring (bicyclic) bond motifs is 1. The molecule has 1 saturated heterocycles. The van der Waals surface area contributed by atoms with Gasteiger partial charge in [0.15, 0.2) is 11.5 Å². The van der Waals surface area contributed by atoms with Crippen LogP contribution in [-0.4, -0.2) is 85.3 Å². The molecule has 1 aliphatic heterocycles. The van der Waals surface area contributed by atoms with Gasteiger partial charge in [0.2, 0.25) is 17.8 Å². The van der Waals surface area contributed by atoms with Gasteiger partial charge < -0.3 is 55.1 Å². The summed E-state index contributed by atoms with van der Waals surface area (Å²) in [6.45, 7) is -0.678. The van der Waals surface area contributed by atoms with Gasteiger partial charge in [0.05, 0.1) is 25.3 Å². The van der Waals surface area contributed by atoms with Crippen LogP contribution < -0.4 is 9.47 Å². The Hall–Kier alpha value is -3.55. The average molecular weight is 479 g/mol. The van der Waals surface area contributed by atoms with Crippen molar-refractivity contribution in [3.8, 4) is 45.8 Å². The highest BCUT2D eigenvalue weighted by atomic mass is 16.7. The molecule has 0 amide bonds. The van der Waals surface area contributed by atoms with Gasteiger partial charge in [-0.05, 0) is 0 Å². The Kier molecular flexibility index (Phi) is 6.25. The van der Waals surface area contributed by atoms with E-state index in [9.17, 15) is 40.9 Å². The van der Waals surface area contributed by atoms with E-state index >= 15 is 0 Å². The smallest absolute Gasteiger partial charge is 0.402 e. The molecule has 5 atom stereocenters. The highest BCUT2D eigenvalue weighted by Gasteiger charge is 2.45. The molecule has 0 saturated carbocycles. The van der Waals surface area contributed by atoms with E-state index < -0.39 is 48.8 Å². The van der Waals surface area contributed by atoms with Crippen LogP contribution in [0.5, 0.6) is 34.5 Å². The van der Waals surface area contributed by atoms with Crippen LogP contribution in [0.1, 0.15) is 0 Å². The first-order valence-corrected chi connectivity index (χ1v) is 10.0. The molecule has 0 spiro atoms. The Morgan fingerprint density at radius 1 is 0.882 bits per heavy atom. The zero-order chi connectivity index (χ0) is 24.7. The second-order valence-electron chi connectivity index (χ2n) is 7.68. The van der Waals surface area contributed by atoms with Gasteiger partial charge in [-0.3, -0.25) is 0 Å². The lowest BCUT2D eigenvalue weighted by Gasteiger charge is -2.39. The van der Waals surface area contributed by atoms with E-state index in [2.05, 4.69) is 0 Å². The van der Waals surface area contributed by atoms with E-state index in [1.807, 2.05) is 0 Å². The molecular weight excluding hydrogens is 456 g/mol. The first-order chi connectivity index (χ1) is 16.1. The number of methoxy groups -OCH3 is 1. The maximum atomic E-state index is 10.4. The maximum absolute atomic E-state index is 10.4. The fourth-order valence-corrected chi connectivity index (χ4v) is 3.64. The third-order valence-corrected chi connectivity index (χ3v) is 5.44. The lowest BCUT2D eigenvalue weighted by Crippen LogP contribution is -2.60. The first kappa shape index (κ1) is 23.6. The van der Waals surface area contributed by atoms with Crippen LogP contribution in [0.4, 0.5) is 0 Å². The van der Waals surface area contributed by atoms with Crippen molar-refractivity contribution in [3.63, 3.8) is 0 Å². The predicted molar refractivity (Wildman–Crippen MR) is 114 cm³/mol. The van der Waals surface area contributed by atoms with Crippen molar-refractivity contribution in [2.45, 2.75) is 30.7 Å². The molecule has 1 aromatic heterocycles. The molecule has 34 heavy (non-hydrogen) atoms. The maximum Gasteiger partial charge on any atom is 0.402 e. The molecule has 0 radical (unpaired) electrons. The lowest BCUT2D eigenvalue weighted by atomic mass is 9.99. The summed E-state index contributed by atoms with van der Waals surface area (Å²) in [5, 5.41) is 80.1. The monoisotopic (exact) mass is 479 g/mol. The molecule has 12 nitrogen and oxygen atoms in total. The SMILES string of the molecule is COc1cc(-c2[o+]c3cc(O)cc(O)c3cc2O[C@@H]2OC(CO)[C@@H](O)C(O)C2O)cc(O)c1O. The Bertz CT molecular complexity index is 1210. The molecule has 3 unspecified atom stereocenters. The van der Waals surface area contributed by atoms with Gasteiger partial charge in [-0.15, -0.1) is 0 Å². The summed E-state index contributed by atoms with van der Waals surface area (Å²) >= 11 is 0. The van der Waals surface area contributed by atoms with E-state index in [-0.39, 0.29) is 45.3 Å². The van der Waals surface area contributed by atoms with E-state index in [1.165, 1.54) is 25.3 Å². The van der Waals surface area contributed by atoms with Gasteiger partial charge in [0.1, 0.15) is 41.3 Å². The highest BCUT2D eigenvalue weighted by Crippen LogP contribution is 2.45. The third kappa shape index (κ3) is 4.08. The minimum absolute atomic E-state index is 0.0141. The number of phenolic OH excluding ortho intramolecular Hbond substituents is 4. The van der Waals surface area contributed by atoms with Crippen molar-refractivity contribution in [3.05, 3.63) is 30.3 Å². The molecule has 2 aromatic carbocycles. The lowest BCUT2D eigenvalue weighted by molar-refractivity contribution is -0.277. The molecule has 182 valence electrons. The van der Waals surface area contributed by atoms with Gasteiger partial charge >= 0.3 is 11.3 Å². The summed E-state index contributed by atoms with van der Waals surface area (Å²) in [6, 6.07) is 6.01. The van der Waals surface area contributed by atoms with Gasteiger partial charge in [-0.1, -0.05) is 0 Å². The van der Waals surface area contributed by atoms with Crippen LogP contribution in [0.2, 0.25) is 0 Å². The van der Waals surface area contributed by atoms with Crippen LogP contribution in [0.3, 0.4) is 0 Å². The number of hydrogen-bond acceptors (Lipinski definition) is 11. The molecule has 4 rings (SSSR count). The average Bonchev–Trinajstić information content (AvgIpc) is 2.81. The Morgan fingerprint density at radius 2 is 1.62 bits per heavy atom. The zero-order valence-corrected chi connectivity index (χ0v) is 17.7. The minimum atomic E-state index is -1.74. The largest absolute Gasteiger partial charge is 0.507 e. The first-order valence-electron chi connectivity index (χ1n) is 10.0. The molecule has 1 aliphatic rings. The molecule has 0 aliphatic carbocycles. The van der Waals surface area contributed by atoms with Crippen LogP contribution in [0.15, 0.2) is 34.7 Å².